The minimum atomic E-state index is 1.20. The summed E-state index contributed by atoms with van der Waals surface area (Å²) in [5.74, 6) is 0. The smallest absolute Gasteiger partial charge is 0.0452 e. The van der Waals surface area contributed by atoms with E-state index in [-0.39, 0.29) is 0 Å². The van der Waals surface area contributed by atoms with Crippen molar-refractivity contribution in [2.24, 2.45) is 0 Å². The molecule has 1 saturated heterocycles. The van der Waals surface area contributed by atoms with Crippen LogP contribution >= 0.6 is 0 Å². The van der Waals surface area contributed by atoms with E-state index < -0.39 is 0 Å². The Hall–Kier alpha value is -1.50. The van der Waals surface area contributed by atoms with Crippen LogP contribution in [0.3, 0.4) is 0 Å². The highest BCUT2D eigenvalue weighted by atomic mass is 15.1. The van der Waals surface area contributed by atoms with Crippen molar-refractivity contribution in [2.75, 3.05) is 18.0 Å². The summed E-state index contributed by atoms with van der Waals surface area (Å²) in [7, 11) is 0. The first-order valence-electron chi connectivity index (χ1n) is 5.59. The molecule has 1 radical (unpaired) electrons. The Morgan fingerprint density at radius 1 is 1.00 bits per heavy atom. The van der Waals surface area contributed by atoms with E-state index in [4.69, 9.17) is 0 Å². The summed E-state index contributed by atoms with van der Waals surface area (Å²) in [5.41, 5.74) is 1.35. The number of anilines is 1. The lowest BCUT2D eigenvalue weighted by Crippen LogP contribution is -2.17. The average molecular weight is 196 g/mol. The maximum absolute atomic E-state index is 3.35. The van der Waals surface area contributed by atoms with Crippen LogP contribution in [0, 0.1) is 6.07 Å². The fourth-order valence-electron chi connectivity index (χ4n) is 2.36. The van der Waals surface area contributed by atoms with Gasteiger partial charge in [0, 0.05) is 24.2 Å². The molecular formula is C14H14N. The summed E-state index contributed by atoms with van der Waals surface area (Å²) in [6.45, 7) is 2.39. The van der Waals surface area contributed by atoms with E-state index in [1.54, 1.807) is 0 Å². The summed E-state index contributed by atoms with van der Waals surface area (Å²) < 4.78 is 0. The molecule has 2 aromatic carbocycles. The van der Waals surface area contributed by atoms with E-state index in [0.29, 0.717) is 0 Å². The first-order chi connectivity index (χ1) is 7.45. The molecule has 0 bridgehead atoms. The number of rotatable bonds is 1. The highest BCUT2D eigenvalue weighted by Gasteiger charge is 2.13. The van der Waals surface area contributed by atoms with Crippen LogP contribution in [0.15, 0.2) is 36.4 Å². The Morgan fingerprint density at radius 3 is 2.67 bits per heavy atom. The van der Waals surface area contributed by atoms with Gasteiger partial charge in [0.1, 0.15) is 0 Å². The zero-order valence-electron chi connectivity index (χ0n) is 8.74. The lowest BCUT2D eigenvalue weighted by molar-refractivity contribution is 0.949. The van der Waals surface area contributed by atoms with Gasteiger partial charge in [-0.05, 0) is 30.4 Å². The van der Waals surface area contributed by atoms with Crippen LogP contribution in [-0.4, -0.2) is 13.1 Å². The second kappa shape index (κ2) is 3.58. The molecule has 75 valence electrons. The lowest BCUT2D eigenvalue weighted by Gasteiger charge is -2.19. The first-order valence-corrected chi connectivity index (χ1v) is 5.59. The van der Waals surface area contributed by atoms with Gasteiger partial charge in [0.25, 0.3) is 0 Å². The third-order valence-electron chi connectivity index (χ3n) is 3.12. The van der Waals surface area contributed by atoms with Gasteiger partial charge in [0.05, 0.1) is 0 Å². The van der Waals surface area contributed by atoms with Crippen molar-refractivity contribution >= 4 is 16.5 Å². The van der Waals surface area contributed by atoms with E-state index >= 15 is 0 Å². The van der Waals surface area contributed by atoms with Crippen LogP contribution in [0.2, 0.25) is 0 Å². The number of hydrogen-bond acceptors (Lipinski definition) is 1. The van der Waals surface area contributed by atoms with E-state index in [1.165, 1.54) is 42.4 Å². The summed E-state index contributed by atoms with van der Waals surface area (Å²) in [4.78, 5) is 2.47. The number of nitrogens with zero attached hydrogens (tertiary/aromatic N) is 1. The maximum Gasteiger partial charge on any atom is 0.0452 e. The van der Waals surface area contributed by atoms with Crippen LogP contribution < -0.4 is 4.90 Å². The fraction of sp³-hybridized carbons (Fsp3) is 0.286. The van der Waals surface area contributed by atoms with E-state index in [2.05, 4.69) is 41.3 Å². The molecule has 1 nitrogen and oxygen atoms in total. The second-order valence-corrected chi connectivity index (χ2v) is 4.11. The summed E-state index contributed by atoms with van der Waals surface area (Å²) >= 11 is 0. The van der Waals surface area contributed by atoms with Crippen molar-refractivity contribution in [3.63, 3.8) is 0 Å². The minimum absolute atomic E-state index is 1.20. The van der Waals surface area contributed by atoms with Crippen molar-refractivity contribution in [3.05, 3.63) is 42.5 Å². The number of fused-ring (bicyclic) bond motifs is 1. The molecule has 0 aliphatic carbocycles. The molecule has 1 aliphatic rings. The van der Waals surface area contributed by atoms with Gasteiger partial charge in [0.15, 0.2) is 0 Å². The Kier molecular flexibility index (Phi) is 2.09. The normalized spacial score (nSPS) is 16.1. The molecule has 0 aromatic heterocycles. The second-order valence-electron chi connectivity index (χ2n) is 4.11. The zero-order chi connectivity index (χ0) is 10.1. The van der Waals surface area contributed by atoms with Crippen molar-refractivity contribution in [3.8, 4) is 0 Å². The SMILES string of the molecule is [c]1cccc2cccc(N3CCCC3)c12. The zero-order valence-corrected chi connectivity index (χ0v) is 8.74. The predicted molar refractivity (Wildman–Crippen MR) is 64.2 cm³/mol. The van der Waals surface area contributed by atoms with Gasteiger partial charge in [-0.3, -0.25) is 0 Å². The number of hydrogen-bond donors (Lipinski definition) is 0. The molecule has 3 rings (SSSR count). The van der Waals surface area contributed by atoms with E-state index in [1.807, 2.05) is 6.07 Å². The first kappa shape index (κ1) is 8.78. The third-order valence-corrected chi connectivity index (χ3v) is 3.12. The summed E-state index contributed by atoms with van der Waals surface area (Å²) in [6, 6.07) is 16.1. The minimum Gasteiger partial charge on any atom is -0.371 e. The summed E-state index contributed by atoms with van der Waals surface area (Å²) in [5, 5.41) is 2.56. The summed E-state index contributed by atoms with van der Waals surface area (Å²) in [6.07, 6.45) is 2.65. The van der Waals surface area contributed by atoms with Crippen molar-refractivity contribution in [1.29, 1.82) is 0 Å². The van der Waals surface area contributed by atoms with Crippen molar-refractivity contribution in [1.82, 2.24) is 0 Å². The van der Waals surface area contributed by atoms with Crippen LogP contribution in [0.4, 0.5) is 5.69 Å². The van der Waals surface area contributed by atoms with Gasteiger partial charge in [-0.15, -0.1) is 0 Å². The fourth-order valence-corrected chi connectivity index (χ4v) is 2.36. The van der Waals surface area contributed by atoms with Crippen LogP contribution in [0.25, 0.3) is 10.8 Å². The molecular weight excluding hydrogens is 182 g/mol. The molecule has 1 aliphatic heterocycles. The van der Waals surface area contributed by atoms with Gasteiger partial charge >= 0.3 is 0 Å². The lowest BCUT2D eigenvalue weighted by atomic mass is 10.1. The van der Waals surface area contributed by atoms with Crippen LogP contribution in [0.5, 0.6) is 0 Å². The molecule has 1 fully saturated rings. The molecule has 0 atom stereocenters. The Labute approximate surface area is 90.3 Å². The quantitative estimate of drug-likeness (QED) is 0.676. The highest BCUT2D eigenvalue weighted by Crippen LogP contribution is 2.28. The van der Waals surface area contributed by atoms with Crippen molar-refractivity contribution in [2.45, 2.75) is 12.8 Å². The van der Waals surface area contributed by atoms with E-state index in [9.17, 15) is 0 Å². The Morgan fingerprint density at radius 2 is 1.80 bits per heavy atom. The largest absolute Gasteiger partial charge is 0.371 e. The topological polar surface area (TPSA) is 3.24 Å². The third kappa shape index (κ3) is 1.48. The molecule has 0 unspecified atom stereocenters. The molecule has 1 heterocycles. The number of benzene rings is 2. The van der Waals surface area contributed by atoms with Crippen molar-refractivity contribution < 1.29 is 0 Å². The van der Waals surface area contributed by atoms with Gasteiger partial charge < -0.3 is 4.90 Å². The van der Waals surface area contributed by atoms with Gasteiger partial charge in [-0.2, -0.15) is 0 Å². The van der Waals surface area contributed by atoms with Gasteiger partial charge in [-0.1, -0.05) is 30.3 Å². The van der Waals surface area contributed by atoms with Gasteiger partial charge in [0.2, 0.25) is 0 Å². The Bertz CT molecular complexity index is 464. The molecule has 2 aromatic rings. The molecule has 15 heavy (non-hydrogen) atoms. The van der Waals surface area contributed by atoms with E-state index in [0.717, 1.165) is 0 Å². The average Bonchev–Trinajstić information content (AvgIpc) is 2.82. The highest BCUT2D eigenvalue weighted by molar-refractivity contribution is 5.93. The molecule has 0 amide bonds. The van der Waals surface area contributed by atoms with Crippen LogP contribution in [-0.2, 0) is 0 Å². The predicted octanol–water partition coefficient (Wildman–Crippen LogP) is 3.24. The molecule has 0 N–H and O–H groups in total. The standard InChI is InChI=1S/C14H14N/c1-2-8-13-12(6-1)7-5-9-14(13)15-10-3-4-11-15/h1-2,5-7,9H,3-4,10-11H2. The van der Waals surface area contributed by atoms with Crippen LogP contribution in [0.1, 0.15) is 12.8 Å². The van der Waals surface area contributed by atoms with Gasteiger partial charge in [-0.25, -0.2) is 0 Å². The molecule has 0 spiro atoms. The Balaban J connectivity index is 2.16. The monoisotopic (exact) mass is 196 g/mol. The maximum atomic E-state index is 3.35. The molecule has 0 saturated carbocycles. The molecule has 1 heteroatoms.